The fourth-order valence-electron chi connectivity index (χ4n) is 1.21. The van der Waals surface area contributed by atoms with Crippen LogP contribution in [0.25, 0.3) is 0 Å². The minimum absolute atomic E-state index is 0.0664. The number of aliphatic imine (C=N–C) groups is 1. The molecule has 0 spiro atoms. The van der Waals surface area contributed by atoms with Gasteiger partial charge in [0.05, 0.1) is 13.8 Å². The van der Waals surface area contributed by atoms with Gasteiger partial charge in [-0.1, -0.05) is 0 Å². The van der Waals surface area contributed by atoms with E-state index in [0.29, 0.717) is 21.9 Å². The summed E-state index contributed by atoms with van der Waals surface area (Å²) in [7, 11) is 0. The molecule has 1 radical (unpaired) electrons. The van der Waals surface area contributed by atoms with Gasteiger partial charge in [-0.15, -0.1) is 11.3 Å². The van der Waals surface area contributed by atoms with Crippen LogP contribution in [0.5, 0.6) is 5.75 Å². The molecule has 0 fully saturated rings. The van der Waals surface area contributed by atoms with Crippen molar-refractivity contribution in [2.24, 2.45) is 4.99 Å². The molecule has 0 atom stereocenters. The standard InChI is InChI=1S/C9H8Br2NO2S/c1-9(2)3-14-8(12-9)6-5(13)4(10)7(11)15-6/h3H2,1-2H3. The van der Waals surface area contributed by atoms with E-state index in [1.54, 1.807) is 0 Å². The van der Waals surface area contributed by atoms with E-state index in [1.165, 1.54) is 11.3 Å². The largest absolute Gasteiger partial charge is 0.474 e. The molecular formula is C9H8Br2NO2S. The molecule has 1 aromatic rings. The predicted octanol–water partition coefficient (Wildman–Crippen LogP) is 3.97. The monoisotopic (exact) mass is 352 g/mol. The van der Waals surface area contributed by atoms with Crippen LogP contribution in [0.3, 0.4) is 0 Å². The van der Waals surface area contributed by atoms with Gasteiger partial charge in [-0.2, -0.15) is 0 Å². The molecule has 0 aliphatic carbocycles. The highest BCUT2D eigenvalue weighted by Gasteiger charge is 2.31. The number of nitrogens with zero attached hydrogens (tertiary/aromatic N) is 1. The van der Waals surface area contributed by atoms with Gasteiger partial charge in [0.1, 0.15) is 11.5 Å². The Balaban J connectivity index is 2.44. The molecule has 0 amide bonds. The second-order valence-electron chi connectivity index (χ2n) is 3.87. The molecule has 2 heterocycles. The molecule has 0 N–H and O–H groups in total. The highest BCUT2D eigenvalue weighted by molar-refractivity contribution is 9.13. The van der Waals surface area contributed by atoms with Crippen molar-refractivity contribution in [1.29, 1.82) is 0 Å². The average molecular weight is 354 g/mol. The number of halogens is 2. The Kier molecular flexibility index (Phi) is 2.85. The molecule has 3 nitrogen and oxygen atoms in total. The lowest BCUT2D eigenvalue weighted by molar-refractivity contribution is 0.278. The number of hydrogen-bond donors (Lipinski definition) is 0. The van der Waals surface area contributed by atoms with Crippen molar-refractivity contribution in [2.75, 3.05) is 6.61 Å². The van der Waals surface area contributed by atoms with Gasteiger partial charge in [0.2, 0.25) is 11.6 Å². The molecule has 0 saturated carbocycles. The van der Waals surface area contributed by atoms with Crippen molar-refractivity contribution < 1.29 is 9.84 Å². The molecule has 81 valence electrons. The fourth-order valence-corrected chi connectivity index (χ4v) is 3.20. The van der Waals surface area contributed by atoms with Crippen molar-refractivity contribution in [1.82, 2.24) is 0 Å². The van der Waals surface area contributed by atoms with Crippen molar-refractivity contribution in [3.05, 3.63) is 13.1 Å². The number of hydrogen-bond acceptors (Lipinski definition) is 3. The Morgan fingerprint density at radius 3 is 2.53 bits per heavy atom. The van der Waals surface area contributed by atoms with Crippen LogP contribution in [0.1, 0.15) is 18.7 Å². The van der Waals surface area contributed by atoms with E-state index < -0.39 is 0 Å². The molecular weight excluding hydrogens is 346 g/mol. The minimum atomic E-state index is -0.231. The SMILES string of the molecule is CC1(C)COC(c2sc(Br)c(Br)c2[O])=N1. The first-order valence-electron chi connectivity index (χ1n) is 4.28. The Bertz CT molecular complexity index is 440. The third-order valence-corrected chi connectivity index (χ3v) is 5.31. The zero-order valence-corrected chi connectivity index (χ0v) is 12.1. The zero-order chi connectivity index (χ0) is 11.2. The van der Waals surface area contributed by atoms with E-state index in [2.05, 4.69) is 36.9 Å². The van der Waals surface area contributed by atoms with E-state index in [4.69, 9.17) is 4.74 Å². The Morgan fingerprint density at radius 1 is 1.47 bits per heavy atom. The lowest BCUT2D eigenvalue weighted by Crippen LogP contribution is -2.17. The molecule has 15 heavy (non-hydrogen) atoms. The normalized spacial score (nSPS) is 18.8. The molecule has 1 aromatic heterocycles. The molecule has 0 aromatic carbocycles. The van der Waals surface area contributed by atoms with Gasteiger partial charge in [0.15, 0.2) is 0 Å². The fraction of sp³-hybridized carbons (Fsp3) is 0.444. The maximum atomic E-state index is 11.8. The summed E-state index contributed by atoms with van der Waals surface area (Å²) in [6.45, 7) is 4.47. The lowest BCUT2D eigenvalue weighted by Gasteiger charge is -2.07. The first-order chi connectivity index (χ1) is 6.91. The smallest absolute Gasteiger partial charge is 0.231 e. The van der Waals surface area contributed by atoms with Crippen molar-refractivity contribution in [3.63, 3.8) is 0 Å². The summed E-state index contributed by atoms with van der Waals surface area (Å²) >= 11 is 7.86. The quantitative estimate of drug-likeness (QED) is 0.753. The molecule has 2 rings (SSSR count). The van der Waals surface area contributed by atoms with Gasteiger partial charge in [0, 0.05) is 0 Å². The van der Waals surface area contributed by atoms with E-state index in [9.17, 15) is 5.11 Å². The Labute approximate surface area is 108 Å². The molecule has 6 heteroatoms. The van der Waals surface area contributed by atoms with Gasteiger partial charge in [-0.3, -0.25) is 5.11 Å². The van der Waals surface area contributed by atoms with Crippen LogP contribution < -0.4 is 0 Å². The first kappa shape index (κ1) is 11.4. The maximum absolute atomic E-state index is 11.8. The van der Waals surface area contributed by atoms with E-state index in [-0.39, 0.29) is 11.3 Å². The average Bonchev–Trinajstić information content (AvgIpc) is 2.62. The Morgan fingerprint density at radius 2 is 2.13 bits per heavy atom. The van der Waals surface area contributed by atoms with Gasteiger partial charge in [0.25, 0.3) is 0 Å². The highest BCUT2D eigenvalue weighted by atomic mass is 79.9. The van der Waals surface area contributed by atoms with Crippen LogP contribution in [-0.4, -0.2) is 18.0 Å². The second kappa shape index (κ2) is 3.75. The van der Waals surface area contributed by atoms with Crippen LogP contribution in [0, 0.1) is 0 Å². The zero-order valence-electron chi connectivity index (χ0n) is 8.13. The van der Waals surface area contributed by atoms with Crippen molar-refractivity contribution in [3.8, 4) is 5.75 Å². The summed E-state index contributed by atoms with van der Waals surface area (Å²) in [6.07, 6.45) is 0. The van der Waals surface area contributed by atoms with Crippen LogP contribution in [0.15, 0.2) is 13.3 Å². The summed E-state index contributed by atoms with van der Waals surface area (Å²) in [4.78, 5) is 4.92. The Hall–Kier alpha value is -0.0700. The van der Waals surface area contributed by atoms with Crippen molar-refractivity contribution >= 4 is 49.1 Å². The van der Waals surface area contributed by atoms with E-state index >= 15 is 0 Å². The summed E-state index contributed by atoms with van der Waals surface area (Å²) < 4.78 is 6.74. The third kappa shape index (κ3) is 2.07. The van der Waals surface area contributed by atoms with Gasteiger partial charge >= 0.3 is 0 Å². The van der Waals surface area contributed by atoms with Gasteiger partial charge in [-0.25, -0.2) is 4.99 Å². The molecule has 0 unspecified atom stereocenters. The maximum Gasteiger partial charge on any atom is 0.231 e. The predicted molar refractivity (Wildman–Crippen MR) is 66.4 cm³/mol. The number of ether oxygens (including phenoxy) is 1. The van der Waals surface area contributed by atoms with Gasteiger partial charge < -0.3 is 4.74 Å². The summed E-state index contributed by atoms with van der Waals surface area (Å²) in [5.41, 5.74) is -0.231. The molecule has 0 bridgehead atoms. The molecule has 1 aliphatic heterocycles. The van der Waals surface area contributed by atoms with Crippen LogP contribution >= 0.6 is 43.2 Å². The number of thiophene rings is 1. The van der Waals surface area contributed by atoms with E-state index in [1.807, 2.05) is 13.8 Å². The van der Waals surface area contributed by atoms with Crippen molar-refractivity contribution in [2.45, 2.75) is 19.4 Å². The van der Waals surface area contributed by atoms with Crippen LogP contribution in [-0.2, 0) is 9.84 Å². The highest BCUT2D eigenvalue weighted by Crippen LogP contribution is 2.44. The summed E-state index contributed by atoms with van der Waals surface area (Å²) in [5.74, 6) is 0.393. The summed E-state index contributed by atoms with van der Waals surface area (Å²) in [6, 6.07) is 0. The third-order valence-electron chi connectivity index (χ3n) is 1.93. The van der Waals surface area contributed by atoms with Gasteiger partial charge in [-0.05, 0) is 45.7 Å². The molecule has 1 aliphatic rings. The van der Waals surface area contributed by atoms with Crippen LogP contribution in [0.2, 0.25) is 0 Å². The topological polar surface area (TPSA) is 41.5 Å². The second-order valence-corrected chi connectivity index (χ2v) is 7.00. The summed E-state index contributed by atoms with van der Waals surface area (Å²) in [5, 5.41) is 11.8. The first-order valence-corrected chi connectivity index (χ1v) is 6.69. The molecule has 0 saturated heterocycles. The van der Waals surface area contributed by atoms with Crippen LogP contribution in [0.4, 0.5) is 0 Å². The lowest BCUT2D eigenvalue weighted by atomic mass is 10.1. The minimum Gasteiger partial charge on any atom is -0.474 e. The van der Waals surface area contributed by atoms with E-state index in [0.717, 1.165) is 3.79 Å². The number of rotatable bonds is 1.